The van der Waals surface area contributed by atoms with Crippen LogP contribution in [0.15, 0.2) is 59.5 Å². The normalized spacial score (nSPS) is 18.6. The molecule has 7 heteroatoms. The largest absolute Gasteiger partial charge is 0.351 e. The summed E-state index contributed by atoms with van der Waals surface area (Å²) in [4.78, 5) is 26.3. The van der Waals surface area contributed by atoms with Gasteiger partial charge in [-0.25, -0.2) is 4.68 Å². The van der Waals surface area contributed by atoms with Gasteiger partial charge in [0.25, 0.3) is 5.56 Å². The molecule has 1 aliphatic rings. The maximum atomic E-state index is 13.5. The molecule has 2 aromatic carbocycles. The van der Waals surface area contributed by atoms with Crippen molar-refractivity contribution in [2.24, 2.45) is 5.92 Å². The third-order valence-corrected chi connectivity index (χ3v) is 6.99. The van der Waals surface area contributed by atoms with Crippen molar-refractivity contribution in [1.82, 2.24) is 19.7 Å². The zero-order valence-electron chi connectivity index (χ0n) is 18.6. The lowest BCUT2D eigenvalue weighted by Gasteiger charge is -2.29. The van der Waals surface area contributed by atoms with E-state index < -0.39 is 0 Å². The fraction of sp³-hybridized carbons (Fsp3) is 0.346. The minimum atomic E-state index is -0.266. The highest BCUT2D eigenvalue weighted by Crippen LogP contribution is 2.28. The predicted molar refractivity (Wildman–Crippen MR) is 132 cm³/mol. The van der Waals surface area contributed by atoms with Gasteiger partial charge in [0.05, 0.1) is 6.20 Å². The van der Waals surface area contributed by atoms with Crippen LogP contribution in [0.3, 0.4) is 0 Å². The molecule has 170 valence electrons. The molecule has 1 aliphatic carbocycles. The summed E-state index contributed by atoms with van der Waals surface area (Å²) in [7, 11) is 0. The van der Waals surface area contributed by atoms with Gasteiger partial charge in [0.1, 0.15) is 12.1 Å². The molecule has 0 unspecified atom stereocenters. The third kappa shape index (κ3) is 4.27. The fourth-order valence-electron chi connectivity index (χ4n) is 5.01. The zero-order chi connectivity index (χ0) is 22.9. The number of rotatable bonds is 5. The van der Waals surface area contributed by atoms with Crippen molar-refractivity contribution in [2.45, 2.75) is 51.7 Å². The van der Waals surface area contributed by atoms with Crippen molar-refractivity contribution >= 4 is 39.3 Å². The van der Waals surface area contributed by atoms with Gasteiger partial charge in [0.15, 0.2) is 0 Å². The van der Waals surface area contributed by atoms with Gasteiger partial charge in [-0.3, -0.25) is 9.59 Å². The summed E-state index contributed by atoms with van der Waals surface area (Å²) in [6.07, 6.45) is 6.15. The molecule has 0 radical (unpaired) electrons. The van der Waals surface area contributed by atoms with Crippen molar-refractivity contribution in [3.8, 4) is 0 Å². The number of amides is 1. The molecular weight excluding hydrogens is 436 g/mol. The number of hydrogen-bond acceptors (Lipinski definition) is 3. The van der Waals surface area contributed by atoms with Crippen LogP contribution in [0.1, 0.15) is 38.2 Å². The summed E-state index contributed by atoms with van der Waals surface area (Å²) in [6, 6.07) is 15.7. The molecule has 1 N–H and O–H groups in total. The molecule has 33 heavy (non-hydrogen) atoms. The van der Waals surface area contributed by atoms with E-state index in [2.05, 4.69) is 17.3 Å². The lowest BCUT2D eigenvalue weighted by Crippen LogP contribution is -2.43. The van der Waals surface area contributed by atoms with Crippen LogP contribution in [0.2, 0.25) is 5.02 Å². The molecule has 0 bridgehead atoms. The first kappa shape index (κ1) is 21.7. The van der Waals surface area contributed by atoms with Crippen LogP contribution in [0.5, 0.6) is 0 Å². The molecule has 0 aliphatic heterocycles. The molecule has 5 rings (SSSR count). The van der Waals surface area contributed by atoms with Crippen molar-refractivity contribution in [2.75, 3.05) is 0 Å². The molecule has 2 atom stereocenters. The summed E-state index contributed by atoms with van der Waals surface area (Å²) in [5.74, 6) is 0.287. The number of nitrogens with zero attached hydrogens (tertiary/aromatic N) is 3. The van der Waals surface area contributed by atoms with Crippen LogP contribution in [0.25, 0.3) is 21.8 Å². The Morgan fingerprint density at radius 1 is 1.12 bits per heavy atom. The van der Waals surface area contributed by atoms with E-state index in [-0.39, 0.29) is 24.1 Å². The number of para-hydroxylation sites is 1. The zero-order valence-corrected chi connectivity index (χ0v) is 19.4. The highest BCUT2D eigenvalue weighted by molar-refractivity contribution is 6.30. The maximum absolute atomic E-state index is 13.5. The molecule has 1 amide bonds. The number of halogens is 1. The van der Waals surface area contributed by atoms with Crippen molar-refractivity contribution in [1.29, 1.82) is 0 Å². The van der Waals surface area contributed by atoms with Gasteiger partial charge >= 0.3 is 0 Å². The second-order valence-corrected chi connectivity index (χ2v) is 9.48. The highest BCUT2D eigenvalue weighted by atomic mass is 35.5. The Morgan fingerprint density at radius 3 is 2.76 bits per heavy atom. The van der Waals surface area contributed by atoms with Crippen LogP contribution in [0.4, 0.5) is 0 Å². The molecule has 2 aromatic heterocycles. The standard InChI is InChI=1S/C26H27ClN4O2/c1-17-7-2-4-11-22(17)29-24(32)16-31-26(33)25-21(14-28-31)20-10-3-5-12-23(20)30(25)15-18-8-6-9-19(27)13-18/h3,5-6,8-10,12-14,17,22H,2,4,7,11,15-16H2,1H3,(H,29,32)/t17-,22+/m0/s1. The molecule has 0 saturated heterocycles. The highest BCUT2D eigenvalue weighted by Gasteiger charge is 2.23. The van der Waals surface area contributed by atoms with Gasteiger partial charge in [0, 0.05) is 33.9 Å². The Hall–Kier alpha value is -3.12. The van der Waals surface area contributed by atoms with Gasteiger partial charge in [-0.15, -0.1) is 0 Å². The number of aromatic nitrogens is 3. The minimum Gasteiger partial charge on any atom is -0.351 e. The van der Waals surface area contributed by atoms with Gasteiger partial charge in [-0.1, -0.05) is 61.7 Å². The van der Waals surface area contributed by atoms with E-state index in [1.165, 1.54) is 11.1 Å². The Morgan fingerprint density at radius 2 is 1.94 bits per heavy atom. The quantitative estimate of drug-likeness (QED) is 0.465. The topological polar surface area (TPSA) is 68.9 Å². The number of carbonyl (C=O) groups excluding carboxylic acids is 1. The molecule has 1 fully saturated rings. The fourth-order valence-corrected chi connectivity index (χ4v) is 5.22. The smallest absolute Gasteiger partial charge is 0.291 e. The number of nitrogens with one attached hydrogen (secondary N) is 1. The maximum Gasteiger partial charge on any atom is 0.291 e. The van der Waals surface area contributed by atoms with Crippen molar-refractivity contribution in [3.05, 3.63) is 75.7 Å². The van der Waals surface area contributed by atoms with Gasteiger partial charge < -0.3 is 9.88 Å². The Labute approximate surface area is 197 Å². The first-order chi connectivity index (χ1) is 16.0. The summed E-state index contributed by atoms with van der Waals surface area (Å²) < 4.78 is 3.27. The van der Waals surface area contributed by atoms with Gasteiger partial charge in [0.2, 0.25) is 5.91 Å². The summed E-state index contributed by atoms with van der Waals surface area (Å²) in [5.41, 5.74) is 2.23. The van der Waals surface area contributed by atoms with E-state index in [0.717, 1.165) is 41.1 Å². The third-order valence-electron chi connectivity index (χ3n) is 6.75. The van der Waals surface area contributed by atoms with E-state index in [1.54, 1.807) is 6.20 Å². The van der Waals surface area contributed by atoms with E-state index in [9.17, 15) is 9.59 Å². The van der Waals surface area contributed by atoms with Crippen LogP contribution in [-0.4, -0.2) is 26.3 Å². The van der Waals surface area contributed by atoms with Crippen LogP contribution in [-0.2, 0) is 17.9 Å². The van der Waals surface area contributed by atoms with Crippen molar-refractivity contribution in [3.63, 3.8) is 0 Å². The first-order valence-corrected chi connectivity index (χ1v) is 11.9. The number of benzene rings is 2. The summed E-state index contributed by atoms with van der Waals surface area (Å²) in [5, 5.41) is 9.88. The molecule has 6 nitrogen and oxygen atoms in total. The molecule has 0 spiro atoms. The Kier molecular flexibility index (Phi) is 5.94. The van der Waals surface area contributed by atoms with Gasteiger partial charge in [-0.05, 0) is 42.5 Å². The van der Waals surface area contributed by atoms with Crippen LogP contribution in [0, 0.1) is 5.92 Å². The molecular formula is C26H27ClN4O2. The van der Waals surface area contributed by atoms with E-state index in [1.807, 2.05) is 53.1 Å². The van der Waals surface area contributed by atoms with E-state index >= 15 is 0 Å². The van der Waals surface area contributed by atoms with Crippen molar-refractivity contribution < 1.29 is 4.79 Å². The number of fused-ring (bicyclic) bond motifs is 3. The molecule has 1 saturated carbocycles. The SMILES string of the molecule is C[C@H]1CCCC[C@H]1NC(=O)Cn1ncc2c3ccccc3n(Cc3cccc(Cl)c3)c2c1=O. The van der Waals surface area contributed by atoms with Crippen LogP contribution < -0.4 is 10.9 Å². The second kappa shape index (κ2) is 9.02. The van der Waals surface area contributed by atoms with Crippen LogP contribution >= 0.6 is 11.6 Å². The monoisotopic (exact) mass is 462 g/mol. The van der Waals surface area contributed by atoms with Gasteiger partial charge in [-0.2, -0.15) is 5.10 Å². The van der Waals surface area contributed by atoms with E-state index in [4.69, 9.17) is 11.6 Å². The number of hydrogen-bond donors (Lipinski definition) is 1. The average Bonchev–Trinajstić information content (AvgIpc) is 3.11. The summed E-state index contributed by atoms with van der Waals surface area (Å²) >= 11 is 6.20. The minimum absolute atomic E-state index is 0.0866. The lowest BCUT2D eigenvalue weighted by molar-refractivity contribution is -0.123. The molecule has 4 aromatic rings. The second-order valence-electron chi connectivity index (χ2n) is 9.04. The lowest BCUT2D eigenvalue weighted by atomic mass is 9.86. The molecule has 2 heterocycles. The van der Waals surface area contributed by atoms with E-state index in [0.29, 0.717) is 23.0 Å². The average molecular weight is 463 g/mol. The predicted octanol–water partition coefficient (Wildman–Crippen LogP) is 4.75. The Balaban J connectivity index is 1.53. The Bertz CT molecular complexity index is 1390. The first-order valence-electron chi connectivity index (χ1n) is 11.5. The number of carbonyl (C=O) groups is 1. The summed E-state index contributed by atoms with van der Waals surface area (Å²) in [6.45, 7) is 2.58.